The highest BCUT2D eigenvalue weighted by atomic mass is 16.6. The van der Waals surface area contributed by atoms with Gasteiger partial charge in [0.05, 0.1) is 11.7 Å². The van der Waals surface area contributed by atoms with Crippen molar-refractivity contribution < 1.29 is 4.63 Å². The van der Waals surface area contributed by atoms with Gasteiger partial charge in [0.2, 0.25) is 0 Å². The Kier molecular flexibility index (Phi) is 3.40. The van der Waals surface area contributed by atoms with Crippen molar-refractivity contribution in [1.82, 2.24) is 25.2 Å². The number of anilines is 1. The summed E-state index contributed by atoms with van der Waals surface area (Å²) in [5, 5.41) is 8.59. The molecule has 112 valence electrons. The molecule has 0 unspecified atom stereocenters. The third-order valence-electron chi connectivity index (χ3n) is 4.02. The molecular formula is C15H16N6O. The van der Waals surface area contributed by atoms with Crippen LogP contribution in [0.25, 0.3) is 10.9 Å². The van der Waals surface area contributed by atoms with Gasteiger partial charge in [-0.15, -0.1) is 0 Å². The summed E-state index contributed by atoms with van der Waals surface area (Å²) >= 11 is 0. The first-order chi connectivity index (χ1) is 10.9. The number of hydrogen-bond acceptors (Lipinski definition) is 7. The minimum Gasteiger partial charge on any atom is -0.369 e. The Hall–Kier alpha value is -2.54. The van der Waals surface area contributed by atoms with E-state index in [0.717, 1.165) is 49.3 Å². The minimum atomic E-state index is 0.795. The van der Waals surface area contributed by atoms with Gasteiger partial charge in [0, 0.05) is 50.0 Å². The van der Waals surface area contributed by atoms with E-state index in [4.69, 9.17) is 0 Å². The zero-order chi connectivity index (χ0) is 14.8. The second-order valence-corrected chi connectivity index (χ2v) is 5.43. The lowest BCUT2D eigenvalue weighted by atomic mass is 10.2. The van der Waals surface area contributed by atoms with Gasteiger partial charge in [-0.1, -0.05) is 10.3 Å². The van der Waals surface area contributed by atoms with Crippen LogP contribution in [0.4, 0.5) is 5.69 Å². The number of piperazine rings is 1. The lowest BCUT2D eigenvalue weighted by Crippen LogP contribution is -2.46. The summed E-state index contributed by atoms with van der Waals surface area (Å²) in [6.45, 7) is 4.77. The number of fused-ring (bicyclic) bond motifs is 1. The van der Waals surface area contributed by atoms with Gasteiger partial charge in [0.25, 0.3) is 0 Å². The van der Waals surface area contributed by atoms with Gasteiger partial charge in [0.1, 0.15) is 12.0 Å². The summed E-state index contributed by atoms with van der Waals surface area (Å²) in [5.74, 6) is 0. The lowest BCUT2D eigenvalue weighted by Gasteiger charge is -2.35. The summed E-state index contributed by atoms with van der Waals surface area (Å²) in [4.78, 5) is 13.1. The maximum atomic E-state index is 4.64. The van der Waals surface area contributed by atoms with E-state index in [-0.39, 0.29) is 0 Å². The number of hydrogen-bond donors (Lipinski definition) is 0. The van der Waals surface area contributed by atoms with Crippen LogP contribution in [0, 0.1) is 0 Å². The second-order valence-electron chi connectivity index (χ2n) is 5.43. The Morgan fingerprint density at radius 1 is 1.09 bits per heavy atom. The van der Waals surface area contributed by atoms with Gasteiger partial charge < -0.3 is 4.90 Å². The normalized spacial score (nSPS) is 16.3. The second kappa shape index (κ2) is 5.69. The zero-order valence-corrected chi connectivity index (χ0v) is 12.1. The predicted octanol–water partition coefficient (Wildman–Crippen LogP) is 1.33. The largest absolute Gasteiger partial charge is 0.369 e. The Morgan fingerprint density at radius 2 is 2.00 bits per heavy atom. The van der Waals surface area contributed by atoms with Crippen LogP contribution in [-0.2, 0) is 6.54 Å². The van der Waals surface area contributed by atoms with Crippen molar-refractivity contribution in [3.05, 3.63) is 42.6 Å². The molecule has 7 heteroatoms. The van der Waals surface area contributed by atoms with E-state index in [0.29, 0.717) is 0 Å². The highest BCUT2D eigenvalue weighted by molar-refractivity contribution is 5.81. The summed E-state index contributed by atoms with van der Waals surface area (Å²) < 4.78 is 4.64. The quantitative estimate of drug-likeness (QED) is 0.722. The molecule has 1 aliphatic heterocycles. The number of benzene rings is 1. The standard InChI is InChI=1S/C15H16N6O/c1-2-15-12(8-16-11-17-15)7-14(1)21-5-3-20(4-6-21)10-13-9-18-22-19-13/h1-2,7-9,11H,3-6,10H2. The molecule has 1 aliphatic rings. The molecule has 0 radical (unpaired) electrons. The fraction of sp³-hybridized carbons (Fsp3) is 0.333. The van der Waals surface area contributed by atoms with Gasteiger partial charge in [0.15, 0.2) is 0 Å². The minimum absolute atomic E-state index is 0.795. The SMILES string of the molecule is c1ncc2cc(N3CCN(Cc4cnon4)CC3)ccc2n1. The molecule has 0 saturated carbocycles. The van der Waals surface area contributed by atoms with Crippen molar-refractivity contribution in [1.29, 1.82) is 0 Å². The van der Waals surface area contributed by atoms with Crippen LogP contribution < -0.4 is 4.90 Å². The van der Waals surface area contributed by atoms with Gasteiger partial charge in [-0.05, 0) is 18.2 Å². The highest BCUT2D eigenvalue weighted by Gasteiger charge is 2.18. The van der Waals surface area contributed by atoms with Crippen molar-refractivity contribution in [2.75, 3.05) is 31.1 Å². The molecule has 1 saturated heterocycles. The van der Waals surface area contributed by atoms with Gasteiger partial charge in [-0.25, -0.2) is 14.6 Å². The zero-order valence-electron chi connectivity index (χ0n) is 12.1. The Balaban J connectivity index is 1.43. The summed E-state index contributed by atoms with van der Waals surface area (Å²) in [6.07, 6.45) is 5.12. The Labute approximate surface area is 127 Å². The van der Waals surface area contributed by atoms with Crippen molar-refractivity contribution >= 4 is 16.6 Å². The first-order valence-electron chi connectivity index (χ1n) is 7.32. The van der Waals surface area contributed by atoms with E-state index >= 15 is 0 Å². The Bertz CT molecular complexity index is 752. The maximum Gasteiger partial charge on any atom is 0.119 e. The van der Waals surface area contributed by atoms with Crippen LogP contribution in [0.1, 0.15) is 5.69 Å². The summed E-state index contributed by atoms with van der Waals surface area (Å²) in [6, 6.07) is 6.35. The van der Waals surface area contributed by atoms with E-state index in [1.165, 1.54) is 5.69 Å². The average Bonchev–Trinajstić information content (AvgIpc) is 3.08. The molecule has 1 fully saturated rings. The third-order valence-corrected chi connectivity index (χ3v) is 4.02. The van der Waals surface area contributed by atoms with Crippen LogP contribution in [0.2, 0.25) is 0 Å². The van der Waals surface area contributed by atoms with Gasteiger partial charge >= 0.3 is 0 Å². The van der Waals surface area contributed by atoms with E-state index in [2.05, 4.69) is 52.9 Å². The molecule has 0 atom stereocenters. The number of rotatable bonds is 3. The van der Waals surface area contributed by atoms with Crippen molar-refractivity contribution in [2.24, 2.45) is 0 Å². The number of aromatic nitrogens is 4. The molecule has 1 aromatic carbocycles. The van der Waals surface area contributed by atoms with Crippen LogP contribution in [0.3, 0.4) is 0 Å². The van der Waals surface area contributed by atoms with E-state index in [9.17, 15) is 0 Å². The number of nitrogens with zero attached hydrogens (tertiary/aromatic N) is 6. The predicted molar refractivity (Wildman–Crippen MR) is 81.3 cm³/mol. The maximum absolute atomic E-state index is 4.64. The lowest BCUT2D eigenvalue weighted by molar-refractivity contribution is 0.237. The molecule has 7 nitrogen and oxygen atoms in total. The van der Waals surface area contributed by atoms with Gasteiger partial charge in [-0.2, -0.15) is 0 Å². The van der Waals surface area contributed by atoms with E-state index < -0.39 is 0 Å². The Morgan fingerprint density at radius 3 is 2.82 bits per heavy atom. The van der Waals surface area contributed by atoms with Crippen LogP contribution >= 0.6 is 0 Å². The van der Waals surface area contributed by atoms with Crippen LogP contribution in [0.5, 0.6) is 0 Å². The fourth-order valence-corrected chi connectivity index (χ4v) is 2.82. The van der Waals surface area contributed by atoms with Crippen molar-refractivity contribution in [3.8, 4) is 0 Å². The molecule has 3 heterocycles. The molecule has 0 amide bonds. The first kappa shape index (κ1) is 13.1. The summed E-state index contributed by atoms with van der Waals surface area (Å²) in [5.41, 5.74) is 3.09. The van der Waals surface area contributed by atoms with E-state index in [1.807, 2.05) is 6.20 Å². The van der Waals surface area contributed by atoms with Crippen molar-refractivity contribution in [3.63, 3.8) is 0 Å². The van der Waals surface area contributed by atoms with Gasteiger partial charge in [-0.3, -0.25) is 4.90 Å². The fourth-order valence-electron chi connectivity index (χ4n) is 2.82. The molecule has 0 aliphatic carbocycles. The molecule has 0 spiro atoms. The van der Waals surface area contributed by atoms with Crippen LogP contribution in [0.15, 0.2) is 41.5 Å². The monoisotopic (exact) mass is 296 g/mol. The highest BCUT2D eigenvalue weighted by Crippen LogP contribution is 2.21. The average molecular weight is 296 g/mol. The molecule has 2 aromatic heterocycles. The molecule has 4 rings (SSSR count). The third kappa shape index (κ3) is 2.62. The smallest absolute Gasteiger partial charge is 0.119 e. The van der Waals surface area contributed by atoms with E-state index in [1.54, 1.807) is 12.5 Å². The first-order valence-corrected chi connectivity index (χ1v) is 7.32. The summed E-state index contributed by atoms with van der Waals surface area (Å²) in [7, 11) is 0. The van der Waals surface area contributed by atoms with Crippen molar-refractivity contribution in [2.45, 2.75) is 6.54 Å². The van der Waals surface area contributed by atoms with Crippen LogP contribution in [-0.4, -0.2) is 51.4 Å². The molecular weight excluding hydrogens is 280 g/mol. The molecule has 0 N–H and O–H groups in total. The molecule has 22 heavy (non-hydrogen) atoms. The topological polar surface area (TPSA) is 71.2 Å². The molecule has 0 bridgehead atoms. The molecule has 3 aromatic rings.